The van der Waals surface area contributed by atoms with Gasteiger partial charge >= 0.3 is 0 Å². The van der Waals surface area contributed by atoms with E-state index in [2.05, 4.69) is 19.6 Å². The first-order valence-corrected chi connectivity index (χ1v) is 13.5. The second kappa shape index (κ2) is 4.47. The van der Waals surface area contributed by atoms with Crippen molar-refractivity contribution in [3.05, 3.63) is 35.4 Å². The lowest BCUT2D eigenvalue weighted by atomic mass is 10.2. The summed E-state index contributed by atoms with van der Waals surface area (Å²) in [5.41, 5.74) is 1.90. The molecule has 0 radical (unpaired) electrons. The van der Waals surface area contributed by atoms with Gasteiger partial charge in [-0.2, -0.15) is 11.1 Å². The Hall–Kier alpha value is -0.386. The fourth-order valence-electron chi connectivity index (χ4n) is 1.40. The molecule has 0 aromatic heterocycles. The number of carbonyl (C=O) groups is 1. The fraction of sp³-hybridized carbons (Fsp3) is 0.417. The van der Waals surface area contributed by atoms with Crippen LogP contribution in [-0.4, -0.2) is 19.9 Å². The number of hydrogen-bond acceptors (Lipinski definition) is 1. The van der Waals surface area contributed by atoms with E-state index in [-0.39, 0.29) is 5.41 Å². The summed E-state index contributed by atoms with van der Waals surface area (Å²) in [6.45, 7) is 8.23. The van der Waals surface area contributed by atoms with Gasteiger partial charge in [-0.15, -0.1) is 0 Å². The van der Waals surface area contributed by atoms with Crippen LogP contribution < -0.4 is 0 Å². The van der Waals surface area contributed by atoms with E-state index in [0.717, 1.165) is 11.1 Å². The summed E-state index contributed by atoms with van der Waals surface area (Å²) >= 11 is 6.60. The lowest BCUT2D eigenvalue weighted by molar-refractivity contribution is 0.107. The van der Waals surface area contributed by atoms with Crippen LogP contribution in [0.2, 0.25) is 26.2 Å². The van der Waals surface area contributed by atoms with Crippen molar-refractivity contribution in [3.63, 3.8) is 0 Å². The maximum atomic E-state index is 12.4. The van der Waals surface area contributed by atoms with Gasteiger partial charge in [0.15, 0.2) is 5.41 Å². The van der Waals surface area contributed by atoms with E-state index < -0.39 is 14.5 Å². The minimum Gasteiger partial charge on any atom is -0.299 e. The number of rotatable bonds is 3. The molecule has 0 heterocycles. The first-order chi connectivity index (χ1) is 7.16. The summed E-state index contributed by atoms with van der Waals surface area (Å²) in [7, 11) is -1.59. The van der Waals surface area contributed by atoms with E-state index in [1.54, 1.807) is 0 Å². The zero-order valence-electron chi connectivity index (χ0n) is 10.6. The Labute approximate surface area is 104 Å². The maximum Gasteiger partial charge on any atom is 0.221 e. The van der Waals surface area contributed by atoms with Crippen molar-refractivity contribution in [2.24, 2.45) is 0 Å². The Morgan fingerprint density at radius 3 is 2.19 bits per heavy atom. The highest BCUT2D eigenvalue weighted by molar-refractivity contribution is 7.68. The molecule has 1 unspecified atom stereocenters. The van der Waals surface area contributed by atoms with Gasteiger partial charge in [0.2, 0.25) is 6.90 Å². The van der Waals surface area contributed by atoms with Crippen molar-refractivity contribution in [1.29, 1.82) is 0 Å². The monoisotopic (exact) mass is 270 g/mol. The second-order valence-corrected chi connectivity index (χ2v) is 23.1. The highest BCUT2D eigenvalue weighted by Gasteiger charge is 2.47. The van der Waals surface area contributed by atoms with Crippen LogP contribution in [0.3, 0.4) is 0 Å². The zero-order valence-corrected chi connectivity index (χ0v) is 13.4. The van der Waals surface area contributed by atoms with Gasteiger partial charge in [-0.1, -0.05) is 50.0 Å². The molecule has 0 amide bonds. The first kappa shape index (κ1) is 13.7. The van der Waals surface area contributed by atoms with Crippen molar-refractivity contribution in [2.45, 2.75) is 33.1 Å². The maximum absolute atomic E-state index is 12.4. The average molecular weight is 271 g/mol. The van der Waals surface area contributed by atoms with Gasteiger partial charge < -0.3 is 0 Å². The summed E-state index contributed by atoms with van der Waals surface area (Å²) in [6, 6.07) is 7.74. The molecule has 0 bridgehead atoms. The number of hydrogen-bond donors (Lipinski definition) is 0. The Morgan fingerprint density at radius 2 is 1.75 bits per heavy atom. The zero-order chi connectivity index (χ0) is 12.6. The van der Waals surface area contributed by atoms with Crippen molar-refractivity contribution >= 4 is 31.0 Å². The molecule has 0 saturated heterocycles. The van der Waals surface area contributed by atoms with Crippen LogP contribution in [0.4, 0.5) is 0 Å². The van der Waals surface area contributed by atoms with Crippen molar-refractivity contribution < 1.29 is 4.79 Å². The number of aryl methyl sites for hydroxylation is 1. The molecule has 0 saturated carbocycles. The molecule has 1 aromatic rings. The molecular formula is C12H19ClOSi2. The van der Waals surface area contributed by atoms with Gasteiger partial charge in [0, 0.05) is 5.56 Å². The topological polar surface area (TPSA) is 17.1 Å². The fourth-order valence-corrected chi connectivity index (χ4v) is 5.58. The molecule has 1 aromatic carbocycles. The van der Waals surface area contributed by atoms with Crippen LogP contribution in [0, 0.1) is 6.92 Å². The number of halogens is 1. The van der Waals surface area contributed by atoms with Crippen LogP contribution in [-0.2, 0) is 0 Å². The van der Waals surface area contributed by atoms with Crippen LogP contribution >= 0.6 is 11.1 Å². The van der Waals surface area contributed by atoms with E-state index >= 15 is 0 Å². The Kier molecular flexibility index (Phi) is 3.82. The molecular weight excluding hydrogens is 252 g/mol. The molecule has 88 valence electrons. The van der Waals surface area contributed by atoms with Gasteiger partial charge in [-0.05, 0) is 13.0 Å². The molecule has 0 N–H and O–H groups in total. The summed E-state index contributed by atoms with van der Waals surface area (Å²) < 4.78 is 0. The quantitative estimate of drug-likeness (QED) is 0.601. The van der Waals surface area contributed by atoms with Crippen molar-refractivity contribution in [1.82, 2.24) is 0 Å². The van der Waals surface area contributed by atoms with Gasteiger partial charge in [0.25, 0.3) is 0 Å². The Morgan fingerprint density at radius 1 is 1.19 bits per heavy atom. The van der Waals surface area contributed by atoms with Gasteiger partial charge in [-0.3, -0.25) is 4.79 Å². The van der Waals surface area contributed by atoms with E-state index in [0.29, 0.717) is 0 Å². The van der Waals surface area contributed by atoms with E-state index in [1.165, 1.54) is 0 Å². The summed E-state index contributed by atoms with van der Waals surface area (Å²) in [4.78, 5) is 12.4. The lowest BCUT2D eigenvalue weighted by Gasteiger charge is -2.30. The standard InChI is InChI=1S/C12H19ClOSi2/c1-10-7-6-8-11(9-10)12(14)16(5,13)15(2,3)4/h6-9H,1-5H3. The Balaban J connectivity index is 3.12. The van der Waals surface area contributed by atoms with Crippen molar-refractivity contribution in [3.8, 4) is 0 Å². The van der Waals surface area contributed by atoms with E-state index in [4.69, 9.17) is 11.1 Å². The molecule has 1 nitrogen and oxygen atoms in total. The summed E-state index contributed by atoms with van der Waals surface area (Å²) in [6.07, 6.45) is 0. The van der Waals surface area contributed by atoms with Gasteiger partial charge in [0.1, 0.15) is 0 Å². The molecule has 1 rings (SSSR count). The summed E-state index contributed by atoms with van der Waals surface area (Å²) in [5, 5.41) is 0.192. The minimum atomic E-state index is -2.30. The molecule has 0 fully saturated rings. The number of benzene rings is 1. The second-order valence-electron chi connectivity index (χ2n) is 5.45. The molecule has 0 spiro atoms. The normalized spacial score (nSPS) is 15.6. The number of carbonyl (C=O) groups excluding carboxylic acids is 1. The van der Waals surface area contributed by atoms with Crippen LogP contribution in [0.25, 0.3) is 0 Å². The van der Waals surface area contributed by atoms with Gasteiger partial charge in [0.05, 0.1) is 7.59 Å². The third-order valence-electron chi connectivity index (χ3n) is 3.12. The van der Waals surface area contributed by atoms with Crippen LogP contribution in [0.5, 0.6) is 0 Å². The predicted octanol–water partition coefficient (Wildman–Crippen LogP) is 3.95. The molecule has 0 aliphatic heterocycles. The Bertz CT molecular complexity index is 408. The third kappa shape index (κ3) is 2.65. The third-order valence-corrected chi connectivity index (χ3v) is 21.8. The molecule has 16 heavy (non-hydrogen) atoms. The molecule has 4 heteroatoms. The first-order valence-electron chi connectivity index (χ1n) is 5.46. The SMILES string of the molecule is Cc1cccc(C(=O)[Si](C)(Cl)[Si](C)(C)C)c1. The molecule has 0 aliphatic carbocycles. The lowest BCUT2D eigenvalue weighted by Crippen LogP contribution is -2.56. The average Bonchev–Trinajstić information content (AvgIpc) is 2.14. The smallest absolute Gasteiger partial charge is 0.221 e. The molecule has 1 atom stereocenters. The van der Waals surface area contributed by atoms with E-state index in [9.17, 15) is 4.79 Å². The highest BCUT2D eigenvalue weighted by Crippen LogP contribution is 2.27. The highest BCUT2D eigenvalue weighted by atomic mass is 35.6. The van der Waals surface area contributed by atoms with E-state index in [1.807, 2.05) is 37.7 Å². The largest absolute Gasteiger partial charge is 0.299 e. The van der Waals surface area contributed by atoms with Crippen molar-refractivity contribution in [2.75, 3.05) is 0 Å². The summed E-state index contributed by atoms with van der Waals surface area (Å²) in [5.74, 6) is 0. The molecule has 0 aliphatic rings. The predicted molar refractivity (Wildman–Crippen MR) is 76.3 cm³/mol. The van der Waals surface area contributed by atoms with Crippen LogP contribution in [0.15, 0.2) is 24.3 Å². The minimum absolute atomic E-state index is 0.192. The van der Waals surface area contributed by atoms with Gasteiger partial charge in [-0.25, -0.2) is 0 Å². The van der Waals surface area contributed by atoms with Crippen LogP contribution in [0.1, 0.15) is 15.9 Å².